The molecule has 1 atom stereocenters. The lowest BCUT2D eigenvalue weighted by molar-refractivity contribution is 0.0130. The zero-order chi connectivity index (χ0) is 16.3. The summed E-state index contributed by atoms with van der Waals surface area (Å²) in [6, 6.07) is 5.97. The molecule has 0 bridgehead atoms. The summed E-state index contributed by atoms with van der Waals surface area (Å²) in [5, 5.41) is 2.90. The summed E-state index contributed by atoms with van der Waals surface area (Å²) in [4.78, 5) is 14.6. The van der Waals surface area contributed by atoms with Gasteiger partial charge in [-0.2, -0.15) is 0 Å². The lowest BCUT2D eigenvalue weighted by Crippen LogP contribution is -2.50. The van der Waals surface area contributed by atoms with Crippen molar-refractivity contribution < 1.29 is 9.53 Å². The van der Waals surface area contributed by atoms with Crippen molar-refractivity contribution >= 4 is 11.8 Å². The van der Waals surface area contributed by atoms with Gasteiger partial charge in [0.05, 0.1) is 0 Å². The van der Waals surface area contributed by atoms with Crippen molar-refractivity contribution in [1.29, 1.82) is 0 Å². The molecular formula is C18H28N2O2. The molecule has 1 saturated heterocycles. The summed E-state index contributed by atoms with van der Waals surface area (Å²) >= 11 is 0. The maximum Gasteiger partial charge on any atom is 0.411 e. The molecule has 4 heteroatoms. The third-order valence-corrected chi connectivity index (χ3v) is 4.31. The summed E-state index contributed by atoms with van der Waals surface area (Å²) in [6.45, 7) is 12.5. The highest BCUT2D eigenvalue weighted by Crippen LogP contribution is 2.23. The number of nitrogens with zero attached hydrogens (tertiary/aromatic N) is 1. The van der Waals surface area contributed by atoms with E-state index in [0.29, 0.717) is 0 Å². The molecule has 1 unspecified atom stereocenters. The molecule has 4 nitrogen and oxygen atoms in total. The minimum atomic E-state index is -0.349. The Hall–Kier alpha value is -1.55. The average molecular weight is 304 g/mol. The van der Waals surface area contributed by atoms with Gasteiger partial charge in [0, 0.05) is 17.8 Å². The average Bonchev–Trinajstić information content (AvgIpc) is 2.42. The Labute approximate surface area is 133 Å². The Kier molecular flexibility index (Phi) is 5.12. The number of nitrogens with one attached hydrogen (secondary N) is 1. The monoisotopic (exact) mass is 304 g/mol. The largest absolute Gasteiger partial charge is 0.445 e. The van der Waals surface area contributed by atoms with Crippen LogP contribution in [-0.2, 0) is 4.74 Å². The number of rotatable bonds is 2. The van der Waals surface area contributed by atoms with Crippen LogP contribution in [0.25, 0.3) is 0 Å². The van der Waals surface area contributed by atoms with Crippen molar-refractivity contribution in [3.05, 3.63) is 29.3 Å². The number of anilines is 1. The first-order chi connectivity index (χ1) is 10.3. The highest BCUT2D eigenvalue weighted by Gasteiger charge is 2.29. The first-order valence-electron chi connectivity index (χ1n) is 8.06. The number of hydrogen-bond acceptors (Lipinski definition) is 3. The fraction of sp³-hybridized carbons (Fsp3) is 0.611. The third-order valence-electron chi connectivity index (χ3n) is 4.31. The van der Waals surface area contributed by atoms with Gasteiger partial charge in [0.2, 0.25) is 0 Å². The standard InChI is InChI=1S/C18H28N2O2/c1-13-8-6-9-14(2)16(13)19-17(21)22-15-10-7-11-20(12-15)18(3,4)5/h6,8-9,15H,7,10-12H2,1-5H3,(H,19,21). The molecule has 1 aliphatic rings. The van der Waals surface area contributed by atoms with Crippen LogP contribution in [0.2, 0.25) is 0 Å². The number of benzene rings is 1. The molecule has 0 spiro atoms. The number of hydrogen-bond donors (Lipinski definition) is 1. The van der Waals surface area contributed by atoms with Gasteiger partial charge in [0.25, 0.3) is 0 Å². The van der Waals surface area contributed by atoms with Gasteiger partial charge in [-0.3, -0.25) is 10.2 Å². The zero-order valence-electron chi connectivity index (χ0n) is 14.4. The molecule has 0 aliphatic carbocycles. The number of piperidine rings is 1. The summed E-state index contributed by atoms with van der Waals surface area (Å²) in [5.41, 5.74) is 3.08. The van der Waals surface area contributed by atoms with Gasteiger partial charge in [-0.1, -0.05) is 18.2 Å². The second-order valence-corrected chi connectivity index (χ2v) is 7.18. The van der Waals surface area contributed by atoms with Crippen LogP contribution in [0.1, 0.15) is 44.7 Å². The number of carbonyl (C=O) groups is 1. The van der Waals surface area contributed by atoms with Crippen LogP contribution < -0.4 is 5.32 Å². The summed E-state index contributed by atoms with van der Waals surface area (Å²) in [5.74, 6) is 0. The van der Waals surface area contributed by atoms with Gasteiger partial charge in [0.1, 0.15) is 6.10 Å². The lowest BCUT2D eigenvalue weighted by atomic mass is 9.99. The Morgan fingerprint density at radius 1 is 1.27 bits per heavy atom. The third kappa shape index (κ3) is 4.23. The first kappa shape index (κ1) is 16.8. The predicted molar refractivity (Wildman–Crippen MR) is 90.4 cm³/mol. The van der Waals surface area contributed by atoms with Gasteiger partial charge in [-0.15, -0.1) is 0 Å². The maximum absolute atomic E-state index is 12.2. The van der Waals surface area contributed by atoms with E-state index in [-0.39, 0.29) is 17.7 Å². The second kappa shape index (κ2) is 6.69. The van der Waals surface area contributed by atoms with Crippen molar-refractivity contribution in [3.63, 3.8) is 0 Å². The molecule has 122 valence electrons. The predicted octanol–water partition coefficient (Wildman–Crippen LogP) is 4.11. The van der Waals surface area contributed by atoms with Gasteiger partial charge in [-0.25, -0.2) is 4.79 Å². The van der Waals surface area contributed by atoms with E-state index in [1.54, 1.807) is 0 Å². The Morgan fingerprint density at radius 2 is 1.91 bits per heavy atom. The molecule has 1 aromatic carbocycles. The van der Waals surface area contributed by atoms with Crippen molar-refractivity contribution in [1.82, 2.24) is 4.90 Å². The highest BCUT2D eigenvalue weighted by atomic mass is 16.6. The van der Waals surface area contributed by atoms with E-state index in [9.17, 15) is 4.79 Å². The summed E-state index contributed by atoms with van der Waals surface area (Å²) in [7, 11) is 0. The van der Waals surface area contributed by atoms with Crippen LogP contribution in [0.5, 0.6) is 0 Å². The Bertz CT molecular complexity index is 514. The van der Waals surface area contributed by atoms with E-state index in [2.05, 4.69) is 31.0 Å². The van der Waals surface area contributed by atoms with Crippen LogP contribution >= 0.6 is 0 Å². The van der Waals surface area contributed by atoms with Crippen LogP contribution in [-0.4, -0.2) is 35.7 Å². The van der Waals surface area contributed by atoms with Gasteiger partial charge >= 0.3 is 6.09 Å². The molecule has 1 heterocycles. The molecule has 1 N–H and O–H groups in total. The van der Waals surface area contributed by atoms with E-state index < -0.39 is 0 Å². The number of para-hydroxylation sites is 1. The van der Waals surface area contributed by atoms with Gasteiger partial charge < -0.3 is 4.74 Å². The van der Waals surface area contributed by atoms with Gasteiger partial charge in [-0.05, 0) is 65.1 Å². The smallest absolute Gasteiger partial charge is 0.411 e. The quantitative estimate of drug-likeness (QED) is 0.894. The molecule has 1 aliphatic heterocycles. The number of ether oxygens (including phenoxy) is 1. The maximum atomic E-state index is 12.2. The van der Waals surface area contributed by atoms with Gasteiger partial charge in [0.15, 0.2) is 0 Å². The molecule has 0 radical (unpaired) electrons. The minimum absolute atomic E-state index is 0.0303. The van der Waals surface area contributed by atoms with Crippen molar-refractivity contribution in [3.8, 4) is 0 Å². The topological polar surface area (TPSA) is 41.6 Å². The second-order valence-electron chi connectivity index (χ2n) is 7.18. The molecule has 1 aromatic rings. The molecule has 2 rings (SSSR count). The Morgan fingerprint density at radius 3 is 2.50 bits per heavy atom. The lowest BCUT2D eigenvalue weighted by Gasteiger charge is -2.41. The summed E-state index contributed by atoms with van der Waals surface area (Å²) < 4.78 is 5.64. The van der Waals surface area contributed by atoms with Crippen molar-refractivity contribution in [2.75, 3.05) is 18.4 Å². The van der Waals surface area contributed by atoms with Crippen LogP contribution in [0.4, 0.5) is 10.5 Å². The summed E-state index contributed by atoms with van der Waals surface area (Å²) in [6.07, 6.45) is 1.63. The molecule has 1 fully saturated rings. The van der Waals surface area contributed by atoms with E-state index in [1.165, 1.54) is 0 Å². The van der Waals surface area contributed by atoms with Crippen molar-refractivity contribution in [2.24, 2.45) is 0 Å². The normalized spacial score (nSPS) is 19.8. The van der Waals surface area contributed by atoms with Crippen LogP contribution in [0, 0.1) is 13.8 Å². The van der Waals surface area contributed by atoms with E-state index in [4.69, 9.17) is 4.74 Å². The molecule has 0 aromatic heterocycles. The number of aryl methyl sites for hydroxylation is 2. The fourth-order valence-electron chi connectivity index (χ4n) is 2.94. The Balaban J connectivity index is 1.95. The number of amides is 1. The molecule has 1 amide bonds. The van der Waals surface area contributed by atoms with Crippen molar-refractivity contribution in [2.45, 2.75) is 59.1 Å². The highest BCUT2D eigenvalue weighted by molar-refractivity contribution is 5.86. The SMILES string of the molecule is Cc1cccc(C)c1NC(=O)OC1CCCN(C(C)(C)C)C1. The number of likely N-dealkylation sites (tertiary alicyclic amines) is 1. The zero-order valence-corrected chi connectivity index (χ0v) is 14.4. The van der Waals surface area contributed by atoms with E-state index >= 15 is 0 Å². The van der Waals surface area contributed by atoms with E-state index in [0.717, 1.165) is 42.7 Å². The molecule has 0 saturated carbocycles. The van der Waals surface area contributed by atoms with E-state index in [1.807, 2.05) is 32.0 Å². The molecular weight excluding hydrogens is 276 g/mol. The first-order valence-corrected chi connectivity index (χ1v) is 8.06. The minimum Gasteiger partial charge on any atom is -0.445 e. The fourth-order valence-corrected chi connectivity index (χ4v) is 2.94. The van der Waals surface area contributed by atoms with Crippen LogP contribution in [0.15, 0.2) is 18.2 Å². The van der Waals surface area contributed by atoms with Crippen LogP contribution in [0.3, 0.4) is 0 Å². The molecule has 22 heavy (non-hydrogen) atoms. The number of carbonyl (C=O) groups excluding carboxylic acids is 1.